The van der Waals surface area contributed by atoms with Crippen molar-refractivity contribution in [3.8, 4) is 5.75 Å². The summed E-state index contributed by atoms with van der Waals surface area (Å²) in [4.78, 5) is 21.6. The first-order valence-electron chi connectivity index (χ1n) is 2.92. The molecule has 16 heavy (non-hydrogen) atoms. The van der Waals surface area contributed by atoms with Crippen LogP contribution in [0.1, 0.15) is 5.71 Å². The van der Waals surface area contributed by atoms with Crippen LogP contribution in [0.2, 0.25) is 0 Å². The number of hydrogen-bond acceptors (Lipinski definition) is 2. The first kappa shape index (κ1) is 31.5. The predicted octanol–water partition coefficient (Wildman–Crippen LogP) is -11.1. The van der Waals surface area contributed by atoms with Gasteiger partial charge < -0.3 is 25.5 Å². The fourth-order valence-corrected chi connectivity index (χ4v) is 0.428. The van der Waals surface area contributed by atoms with Gasteiger partial charge in [-0.2, -0.15) is 0 Å². The molecule has 76 valence electrons. The van der Waals surface area contributed by atoms with E-state index >= 15 is 0 Å². The van der Waals surface area contributed by atoms with Gasteiger partial charge in [-0.05, 0) is 12.1 Å². The van der Waals surface area contributed by atoms with Gasteiger partial charge in [0.15, 0.2) is 0 Å². The maximum atomic E-state index is 8.88. The second-order valence-corrected chi connectivity index (χ2v) is 2.88. The SMILES string of the molecule is O=P(O)(O)O.Oc1ccccc1.[H-].[H-].[H-].[H-].[Na+].[Na+].[Na+].[Na+]. The molecule has 0 fully saturated rings. The zero-order valence-corrected chi connectivity index (χ0v) is 18.9. The zero-order chi connectivity index (χ0) is 9.61. The van der Waals surface area contributed by atoms with E-state index in [4.69, 9.17) is 24.4 Å². The van der Waals surface area contributed by atoms with Crippen molar-refractivity contribution in [3.63, 3.8) is 0 Å². The number of phenols is 1. The minimum absolute atomic E-state index is 0. The number of phenolic OH excluding ortho intramolecular Hbond substituents is 1. The molecule has 1 aromatic rings. The molecule has 0 aliphatic rings. The Labute approximate surface area is 189 Å². The minimum atomic E-state index is -4.64. The van der Waals surface area contributed by atoms with E-state index in [0.717, 1.165) is 0 Å². The molecule has 0 saturated carbocycles. The van der Waals surface area contributed by atoms with Gasteiger partial charge in [-0.25, -0.2) is 4.57 Å². The summed E-state index contributed by atoms with van der Waals surface area (Å²) < 4.78 is 8.88. The summed E-state index contributed by atoms with van der Waals surface area (Å²) in [5.41, 5.74) is 0. The molecule has 0 aliphatic carbocycles. The van der Waals surface area contributed by atoms with Crippen LogP contribution in [0.25, 0.3) is 0 Å². The Morgan fingerprint density at radius 2 is 1.12 bits per heavy atom. The van der Waals surface area contributed by atoms with Crippen LogP contribution in [0, 0.1) is 0 Å². The van der Waals surface area contributed by atoms with E-state index in [2.05, 4.69) is 0 Å². The van der Waals surface area contributed by atoms with Gasteiger partial charge in [-0.1, -0.05) is 18.2 Å². The van der Waals surface area contributed by atoms with Crippen LogP contribution in [0.4, 0.5) is 0 Å². The van der Waals surface area contributed by atoms with Crippen molar-refractivity contribution in [2.24, 2.45) is 0 Å². The first-order chi connectivity index (χ1) is 5.39. The fourth-order valence-electron chi connectivity index (χ4n) is 0.428. The smallest absolute Gasteiger partial charge is 1.00 e. The average Bonchev–Trinajstić information content (AvgIpc) is 1.85. The number of benzene rings is 1. The van der Waals surface area contributed by atoms with Gasteiger partial charge in [-0.3, -0.25) is 0 Å². The number of para-hydroxylation sites is 1. The molecule has 0 atom stereocenters. The quantitative estimate of drug-likeness (QED) is 0.281. The number of aromatic hydroxyl groups is 1. The van der Waals surface area contributed by atoms with E-state index in [-0.39, 0.29) is 124 Å². The summed E-state index contributed by atoms with van der Waals surface area (Å²) in [5, 5.41) is 8.63. The van der Waals surface area contributed by atoms with Gasteiger partial charge in [0.25, 0.3) is 0 Å². The summed E-state index contributed by atoms with van der Waals surface area (Å²) in [6, 6.07) is 8.71. The van der Waals surface area contributed by atoms with Crippen molar-refractivity contribution in [2.75, 3.05) is 0 Å². The number of phosphoric acid groups is 1. The van der Waals surface area contributed by atoms with Crippen LogP contribution in [-0.4, -0.2) is 19.8 Å². The molecule has 10 heteroatoms. The van der Waals surface area contributed by atoms with E-state index < -0.39 is 7.82 Å². The average molecular weight is 288 g/mol. The topological polar surface area (TPSA) is 98.0 Å². The first-order valence-corrected chi connectivity index (χ1v) is 4.48. The summed E-state index contributed by atoms with van der Waals surface area (Å²) in [5.74, 6) is 0.322. The van der Waals surface area contributed by atoms with Crippen molar-refractivity contribution in [1.82, 2.24) is 0 Å². The molecule has 0 heterocycles. The van der Waals surface area contributed by atoms with Crippen molar-refractivity contribution in [2.45, 2.75) is 0 Å². The summed E-state index contributed by atoms with van der Waals surface area (Å²) in [7, 11) is -4.64. The molecule has 0 saturated heterocycles. The van der Waals surface area contributed by atoms with E-state index in [1.807, 2.05) is 6.07 Å². The van der Waals surface area contributed by atoms with E-state index in [9.17, 15) is 0 Å². The van der Waals surface area contributed by atoms with Gasteiger partial charge in [-0.15, -0.1) is 0 Å². The number of hydrogen-bond donors (Lipinski definition) is 4. The Morgan fingerprint density at radius 1 is 0.875 bits per heavy atom. The van der Waals surface area contributed by atoms with E-state index in [0.29, 0.717) is 5.75 Å². The van der Waals surface area contributed by atoms with Crippen molar-refractivity contribution in [3.05, 3.63) is 30.3 Å². The van der Waals surface area contributed by atoms with Gasteiger partial charge in [0.05, 0.1) is 0 Å². The van der Waals surface area contributed by atoms with Crippen LogP contribution in [0.3, 0.4) is 0 Å². The van der Waals surface area contributed by atoms with Gasteiger partial charge in [0.2, 0.25) is 0 Å². The Hall–Kier alpha value is 3.13. The van der Waals surface area contributed by atoms with E-state index in [1.165, 1.54) is 0 Å². The summed E-state index contributed by atoms with van der Waals surface area (Å²) in [6.07, 6.45) is 0. The van der Waals surface area contributed by atoms with E-state index in [1.54, 1.807) is 24.3 Å². The second kappa shape index (κ2) is 18.1. The molecule has 1 aromatic carbocycles. The largest absolute Gasteiger partial charge is 1.00 e. The summed E-state index contributed by atoms with van der Waals surface area (Å²) in [6.45, 7) is 0. The fraction of sp³-hybridized carbons (Fsp3) is 0. The third-order valence-electron chi connectivity index (χ3n) is 0.756. The molecule has 0 amide bonds. The third kappa shape index (κ3) is 36.0. The second-order valence-electron chi connectivity index (χ2n) is 1.85. The van der Waals surface area contributed by atoms with Crippen molar-refractivity contribution in [1.29, 1.82) is 0 Å². The molecule has 0 aromatic heterocycles. The Balaban J connectivity index is -0.0000000127. The molecule has 0 aliphatic heterocycles. The normalized spacial score (nSPS) is 7.44. The van der Waals surface area contributed by atoms with Gasteiger partial charge in [0, 0.05) is 0 Å². The summed E-state index contributed by atoms with van der Waals surface area (Å²) >= 11 is 0. The Bertz CT molecular complexity index is 273. The number of rotatable bonds is 0. The van der Waals surface area contributed by atoms with Crippen molar-refractivity contribution >= 4 is 7.82 Å². The standard InChI is InChI=1S/C6H6O.4Na.H3O4P.4H/c7-6-4-2-1-3-5-6;;;;;1-5(2,3)4;;;;/h1-5,7H;;;;;(H3,1,2,3,4);;;;/q;4*+1;;4*-1. The molecule has 0 unspecified atom stereocenters. The minimum Gasteiger partial charge on any atom is -1.00 e. The zero-order valence-electron chi connectivity index (χ0n) is 14.0. The van der Waals surface area contributed by atoms with Crippen LogP contribution < -0.4 is 118 Å². The van der Waals surface area contributed by atoms with Gasteiger partial charge in [0.1, 0.15) is 5.75 Å². The van der Waals surface area contributed by atoms with Crippen LogP contribution in [-0.2, 0) is 4.57 Å². The third-order valence-corrected chi connectivity index (χ3v) is 0.756. The monoisotopic (exact) mass is 288 g/mol. The molecule has 4 N–H and O–H groups in total. The molecular formula is C6H13Na4O5P. The molecule has 0 bridgehead atoms. The molecular weight excluding hydrogens is 275 g/mol. The molecule has 0 spiro atoms. The van der Waals surface area contributed by atoms with Crippen molar-refractivity contribution < 1.29 is 148 Å². The molecule has 1 rings (SSSR count). The van der Waals surface area contributed by atoms with Gasteiger partial charge >= 0.3 is 126 Å². The predicted molar refractivity (Wildman–Crippen MR) is 46.8 cm³/mol. The molecule has 0 radical (unpaired) electrons. The van der Waals surface area contributed by atoms with Crippen LogP contribution in [0.5, 0.6) is 5.75 Å². The Kier molecular flexibility index (Phi) is 35.7. The maximum absolute atomic E-state index is 8.88. The van der Waals surface area contributed by atoms with Crippen LogP contribution >= 0.6 is 7.82 Å². The maximum Gasteiger partial charge on any atom is 1.00 e. The molecule has 5 nitrogen and oxygen atoms in total. The Morgan fingerprint density at radius 3 is 1.25 bits per heavy atom. The van der Waals surface area contributed by atoms with Crippen LogP contribution in [0.15, 0.2) is 30.3 Å².